The van der Waals surface area contributed by atoms with Crippen molar-refractivity contribution in [2.75, 3.05) is 20.3 Å². The number of allylic oxidation sites excluding steroid dienone is 4. The summed E-state index contributed by atoms with van der Waals surface area (Å²) in [7, 11) is -2.65. The number of benzene rings is 4. The second-order valence-corrected chi connectivity index (χ2v) is 31.9. The van der Waals surface area contributed by atoms with Gasteiger partial charge in [-0.15, -0.1) is 0 Å². The summed E-state index contributed by atoms with van der Waals surface area (Å²) in [6.07, 6.45) is 6.45. The summed E-state index contributed by atoms with van der Waals surface area (Å²) in [5.74, 6) is 0.703. The topological polar surface area (TPSA) is 111 Å². The van der Waals surface area contributed by atoms with Crippen molar-refractivity contribution < 1.29 is 47.2 Å². The van der Waals surface area contributed by atoms with Gasteiger partial charge >= 0.3 is 5.97 Å². The molecule has 0 aromatic heterocycles. The van der Waals surface area contributed by atoms with E-state index in [4.69, 9.17) is 37.3 Å². The van der Waals surface area contributed by atoms with Crippen molar-refractivity contribution in [1.29, 1.82) is 0 Å². The summed E-state index contributed by atoms with van der Waals surface area (Å²) < 4.78 is 52.6. The van der Waals surface area contributed by atoms with E-state index < -0.39 is 53.3 Å². The summed E-state index contributed by atoms with van der Waals surface area (Å²) >= 11 is 0. The fourth-order valence-electron chi connectivity index (χ4n) is 7.87. The van der Waals surface area contributed by atoms with Crippen molar-refractivity contribution in [2.45, 2.75) is 174 Å². The van der Waals surface area contributed by atoms with Gasteiger partial charge < -0.3 is 42.4 Å². The molecule has 0 spiro atoms. The first-order chi connectivity index (χ1) is 34.6. The number of aliphatic carboxylic acids is 1. The van der Waals surface area contributed by atoms with Crippen molar-refractivity contribution in [3.8, 4) is 11.5 Å². The molecule has 73 heavy (non-hydrogen) atoms. The molecule has 1 fully saturated rings. The van der Waals surface area contributed by atoms with Gasteiger partial charge in [0.2, 0.25) is 16.6 Å². The van der Waals surface area contributed by atoms with Gasteiger partial charge in [-0.1, -0.05) is 162 Å². The molecule has 10 nitrogen and oxygen atoms in total. The Morgan fingerprint density at radius 1 is 0.630 bits per heavy atom. The lowest BCUT2D eigenvalue weighted by molar-refractivity contribution is -0.322. The molecule has 4 aromatic carbocycles. The third kappa shape index (κ3) is 18.6. The normalized spacial score (nSPS) is 19.5. The summed E-state index contributed by atoms with van der Waals surface area (Å²) in [5.41, 5.74) is 6.74. The quantitative estimate of drug-likeness (QED) is 0.0352. The summed E-state index contributed by atoms with van der Waals surface area (Å²) in [6, 6.07) is 36.3. The Bertz CT molecular complexity index is 2390. The Kier molecular flexibility index (Phi) is 22.5. The number of ether oxygens (including phenoxy) is 6. The lowest BCUT2D eigenvalue weighted by Gasteiger charge is -2.45. The molecule has 1 N–H and O–H groups in total. The van der Waals surface area contributed by atoms with Crippen molar-refractivity contribution in [1.82, 2.24) is 0 Å². The van der Waals surface area contributed by atoms with Gasteiger partial charge in [-0.25, -0.2) is 4.79 Å². The standard InChI is InChI=1S/C61H86O10Si2/c1-45(26-24-34-50(58(62)63)35-36-51-39-52(70-72(10,11)60(3,4)5)37-38-53(51)71-73(12,13)61(6,7)8)25-23-27-46(2)40-65-44-54-55(66-41-47-28-17-14-18-29-47)56(67-42-48-30-19-15-20-31-48)57(59(64-9)69-54)68-43-49-32-21-16-22-33-49/h14-22,26-33,35,37-39,54-57,59H,23-25,34,36,40-44H2,1-13H3,(H,62,63)/t54-,55-,56+,57-,59?/m1/s1. The second-order valence-electron chi connectivity index (χ2n) is 22.5. The number of hydrogen-bond acceptors (Lipinski definition) is 9. The first-order valence-electron chi connectivity index (χ1n) is 26.0. The zero-order valence-corrected chi connectivity index (χ0v) is 48.2. The van der Waals surface area contributed by atoms with E-state index in [2.05, 4.69) is 99.8 Å². The number of carbonyl (C=O) groups is 1. The monoisotopic (exact) mass is 1030 g/mol. The Balaban J connectivity index is 1.21. The summed E-state index contributed by atoms with van der Waals surface area (Å²) in [6.45, 7) is 28.2. The van der Waals surface area contributed by atoms with Crippen LogP contribution < -0.4 is 8.85 Å². The summed E-state index contributed by atoms with van der Waals surface area (Å²) in [5, 5.41) is 10.4. The van der Waals surface area contributed by atoms with Gasteiger partial charge in [0.25, 0.3) is 0 Å². The molecule has 5 atom stereocenters. The van der Waals surface area contributed by atoms with Crippen LogP contribution in [0.3, 0.4) is 0 Å². The fraction of sp³-hybridized carbons (Fsp3) is 0.492. The predicted molar refractivity (Wildman–Crippen MR) is 299 cm³/mol. The lowest BCUT2D eigenvalue weighted by Crippen LogP contribution is -2.61. The molecule has 1 aliphatic heterocycles. The molecular formula is C61H86O10Si2. The van der Waals surface area contributed by atoms with Crippen molar-refractivity contribution >= 4 is 22.6 Å². The fourth-order valence-corrected chi connectivity index (χ4v) is 9.95. The van der Waals surface area contributed by atoms with E-state index >= 15 is 0 Å². The molecule has 4 aromatic rings. The van der Waals surface area contributed by atoms with E-state index in [9.17, 15) is 9.90 Å². The van der Waals surface area contributed by atoms with Crippen LogP contribution in [0.5, 0.6) is 11.5 Å². The van der Waals surface area contributed by atoms with E-state index in [-0.39, 0.29) is 16.7 Å². The van der Waals surface area contributed by atoms with Crippen LogP contribution >= 0.6 is 0 Å². The van der Waals surface area contributed by atoms with Crippen LogP contribution in [0.1, 0.15) is 103 Å². The first kappa shape index (κ1) is 59.2. The molecule has 0 aliphatic carbocycles. The largest absolute Gasteiger partial charge is 0.543 e. The third-order valence-electron chi connectivity index (χ3n) is 14.5. The lowest BCUT2D eigenvalue weighted by atomic mass is 9.97. The number of carboxylic acid groups (broad SMARTS) is 1. The van der Waals surface area contributed by atoms with Crippen molar-refractivity contribution in [3.63, 3.8) is 0 Å². The van der Waals surface area contributed by atoms with Gasteiger partial charge in [0.05, 0.1) is 33.0 Å². The van der Waals surface area contributed by atoms with E-state index in [1.807, 2.05) is 109 Å². The van der Waals surface area contributed by atoms with Gasteiger partial charge in [0.1, 0.15) is 35.9 Å². The van der Waals surface area contributed by atoms with Crippen molar-refractivity contribution in [2.24, 2.45) is 0 Å². The van der Waals surface area contributed by atoms with Crippen molar-refractivity contribution in [3.05, 3.63) is 166 Å². The molecular weight excluding hydrogens is 949 g/mol. The van der Waals surface area contributed by atoms with Gasteiger partial charge in [-0.2, -0.15) is 0 Å². The zero-order valence-electron chi connectivity index (χ0n) is 46.2. The molecule has 1 aliphatic rings. The third-order valence-corrected chi connectivity index (χ3v) is 23.2. The minimum absolute atomic E-state index is 0.00470. The molecule has 0 radical (unpaired) electrons. The van der Waals surface area contributed by atoms with Crippen LogP contribution in [0.4, 0.5) is 0 Å². The highest BCUT2D eigenvalue weighted by atomic mass is 28.4. The first-order valence-corrected chi connectivity index (χ1v) is 31.9. The van der Waals surface area contributed by atoms with Gasteiger partial charge in [-0.05, 0) is 117 Å². The average Bonchev–Trinajstić information content (AvgIpc) is 3.34. The molecule has 0 bridgehead atoms. The number of methoxy groups -OCH3 is 1. The average molecular weight is 1040 g/mol. The maximum atomic E-state index is 12.6. The zero-order chi connectivity index (χ0) is 53.2. The van der Waals surface area contributed by atoms with Gasteiger partial charge in [0, 0.05) is 18.2 Å². The predicted octanol–water partition coefficient (Wildman–Crippen LogP) is 14.6. The molecule has 0 amide bonds. The highest BCUT2D eigenvalue weighted by Crippen LogP contribution is 2.41. The van der Waals surface area contributed by atoms with E-state index in [1.54, 1.807) is 7.11 Å². The SMILES string of the molecule is COC1O[C@H](COCC(C)=CCCC(C)=CCCC(=CCc2cc(O[Si](C)(C)C(C)(C)C)ccc2O[Si](C)(C)C(C)(C)C)C(=O)O)[C@@H](OCc2ccccc2)[C@H](OCc2ccccc2)[C@H]1OCc1ccccc1. The van der Waals surface area contributed by atoms with Crippen LogP contribution in [0.15, 0.2) is 144 Å². The maximum Gasteiger partial charge on any atom is 0.331 e. The van der Waals surface area contributed by atoms with E-state index in [0.29, 0.717) is 51.3 Å². The molecule has 1 saturated heterocycles. The Morgan fingerprint density at radius 3 is 1.64 bits per heavy atom. The van der Waals surface area contributed by atoms with Gasteiger partial charge in [-0.3, -0.25) is 0 Å². The van der Waals surface area contributed by atoms with Crippen LogP contribution in [-0.4, -0.2) is 78.7 Å². The highest BCUT2D eigenvalue weighted by molar-refractivity contribution is 6.75. The Morgan fingerprint density at radius 2 is 1.12 bits per heavy atom. The molecule has 5 rings (SSSR count). The maximum absolute atomic E-state index is 12.6. The minimum atomic E-state index is -2.17. The van der Waals surface area contributed by atoms with Gasteiger partial charge in [0.15, 0.2) is 6.29 Å². The van der Waals surface area contributed by atoms with Crippen LogP contribution in [0.25, 0.3) is 0 Å². The smallest absolute Gasteiger partial charge is 0.331 e. The molecule has 398 valence electrons. The summed E-state index contributed by atoms with van der Waals surface area (Å²) in [4.78, 5) is 12.6. The molecule has 0 saturated carbocycles. The minimum Gasteiger partial charge on any atom is -0.543 e. The second kappa shape index (κ2) is 27.8. The molecule has 12 heteroatoms. The number of hydrogen-bond donors (Lipinski definition) is 1. The molecule has 1 unspecified atom stereocenters. The highest BCUT2D eigenvalue weighted by Gasteiger charge is 2.49. The van der Waals surface area contributed by atoms with Crippen LogP contribution in [0, 0.1) is 0 Å². The van der Waals surface area contributed by atoms with E-state index in [1.165, 1.54) is 5.57 Å². The molecule has 1 heterocycles. The Labute approximate surface area is 440 Å². The Hall–Kier alpha value is -4.64. The van der Waals surface area contributed by atoms with E-state index in [0.717, 1.165) is 52.2 Å². The van der Waals surface area contributed by atoms with Crippen LogP contribution in [-0.2, 0) is 59.5 Å². The number of rotatable bonds is 27. The van der Waals surface area contributed by atoms with Crippen LogP contribution in [0.2, 0.25) is 36.3 Å². The number of carboxylic acids is 1.